The third-order valence-electron chi connectivity index (χ3n) is 3.58. The molecule has 1 heteroatoms. The Morgan fingerprint density at radius 2 is 1.29 bits per heavy atom. The van der Waals surface area contributed by atoms with Crippen LogP contribution in [0.4, 0.5) is 4.39 Å². The largest absolute Gasteiger partial charge is 0.246 e. The van der Waals surface area contributed by atoms with Crippen LogP contribution >= 0.6 is 0 Å². The van der Waals surface area contributed by atoms with E-state index < -0.39 is 6.17 Å². The standard InChI is InChI=1S/C13H17F/c1-12(2)9-7-5-6-8-10(9)13(3,4)11(12)14/h5-8,11H,1-4H3. The second-order valence-corrected chi connectivity index (χ2v) is 5.35. The van der Waals surface area contributed by atoms with E-state index in [9.17, 15) is 4.39 Å². The second-order valence-electron chi connectivity index (χ2n) is 5.35. The van der Waals surface area contributed by atoms with Gasteiger partial charge in [-0.3, -0.25) is 0 Å². The first kappa shape index (κ1) is 9.70. The molecule has 0 unspecified atom stereocenters. The minimum Gasteiger partial charge on any atom is -0.246 e. The summed E-state index contributed by atoms with van der Waals surface area (Å²) in [5.41, 5.74) is 1.63. The molecular formula is C13H17F. The third kappa shape index (κ3) is 0.985. The molecule has 0 spiro atoms. The van der Waals surface area contributed by atoms with Crippen molar-refractivity contribution >= 4 is 0 Å². The van der Waals surface area contributed by atoms with E-state index >= 15 is 0 Å². The molecule has 14 heavy (non-hydrogen) atoms. The van der Waals surface area contributed by atoms with Crippen LogP contribution in [0.1, 0.15) is 38.8 Å². The van der Waals surface area contributed by atoms with Gasteiger partial charge in [0.2, 0.25) is 0 Å². The fraction of sp³-hybridized carbons (Fsp3) is 0.538. The maximum atomic E-state index is 14.3. The minimum absolute atomic E-state index is 0.347. The Morgan fingerprint density at radius 1 is 0.929 bits per heavy atom. The average Bonchev–Trinajstić information content (AvgIpc) is 2.28. The molecule has 1 aromatic carbocycles. The summed E-state index contributed by atoms with van der Waals surface area (Å²) in [6.45, 7) is 7.97. The Balaban J connectivity index is 2.70. The van der Waals surface area contributed by atoms with Crippen LogP contribution in [-0.4, -0.2) is 6.17 Å². The van der Waals surface area contributed by atoms with Gasteiger partial charge >= 0.3 is 0 Å². The molecular weight excluding hydrogens is 175 g/mol. The van der Waals surface area contributed by atoms with Crippen molar-refractivity contribution in [2.45, 2.75) is 44.7 Å². The van der Waals surface area contributed by atoms with Crippen molar-refractivity contribution in [2.24, 2.45) is 0 Å². The highest BCUT2D eigenvalue weighted by molar-refractivity contribution is 5.46. The van der Waals surface area contributed by atoms with E-state index in [1.165, 1.54) is 0 Å². The van der Waals surface area contributed by atoms with Crippen LogP contribution in [-0.2, 0) is 10.8 Å². The van der Waals surface area contributed by atoms with Crippen molar-refractivity contribution in [3.05, 3.63) is 35.4 Å². The van der Waals surface area contributed by atoms with Gasteiger partial charge in [-0.15, -0.1) is 0 Å². The van der Waals surface area contributed by atoms with Crippen LogP contribution in [0.2, 0.25) is 0 Å². The highest BCUT2D eigenvalue weighted by Gasteiger charge is 2.51. The van der Waals surface area contributed by atoms with Crippen molar-refractivity contribution in [1.29, 1.82) is 0 Å². The van der Waals surface area contributed by atoms with E-state index in [0.717, 1.165) is 11.1 Å². The van der Waals surface area contributed by atoms with Crippen LogP contribution in [0.5, 0.6) is 0 Å². The molecule has 1 aliphatic rings. The summed E-state index contributed by atoms with van der Waals surface area (Å²) in [7, 11) is 0. The van der Waals surface area contributed by atoms with Gasteiger partial charge in [-0.2, -0.15) is 0 Å². The van der Waals surface area contributed by atoms with Gasteiger partial charge in [-0.1, -0.05) is 52.0 Å². The average molecular weight is 192 g/mol. The first-order valence-corrected chi connectivity index (χ1v) is 5.12. The second kappa shape index (κ2) is 2.59. The molecule has 1 aromatic rings. The van der Waals surface area contributed by atoms with Gasteiger partial charge in [0.25, 0.3) is 0 Å². The molecule has 0 N–H and O–H groups in total. The lowest BCUT2D eigenvalue weighted by Gasteiger charge is -2.28. The molecule has 0 heterocycles. The normalized spacial score (nSPS) is 23.5. The highest BCUT2D eigenvalue weighted by Crippen LogP contribution is 2.50. The smallest absolute Gasteiger partial charge is 0.118 e. The lowest BCUT2D eigenvalue weighted by Crippen LogP contribution is -2.35. The maximum absolute atomic E-state index is 14.3. The van der Waals surface area contributed by atoms with Gasteiger partial charge in [-0.25, -0.2) is 4.39 Å². The molecule has 76 valence electrons. The zero-order valence-corrected chi connectivity index (χ0v) is 9.26. The SMILES string of the molecule is CC1(C)c2ccccc2C(C)(C)C1F. The summed E-state index contributed by atoms with van der Waals surface area (Å²) in [5.74, 6) is 0. The number of hydrogen-bond acceptors (Lipinski definition) is 0. The fourth-order valence-corrected chi connectivity index (χ4v) is 2.78. The molecule has 0 radical (unpaired) electrons. The van der Waals surface area contributed by atoms with Gasteiger partial charge in [-0.05, 0) is 11.1 Å². The molecule has 0 amide bonds. The number of hydrogen-bond donors (Lipinski definition) is 0. The Kier molecular flexibility index (Phi) is 1.79. The molecule has 0 saturated heterocycles. The summed E-state index contributed by atoms with van der Waals surface area (Å²) in [6, 6.07) is 8.09. The summed E-state index contributed by atoms with van der Waals surface area (Å²) in [4.78, 5) is 0. The number of alkyl halides is 1. The van der Waals surface area contributed by atoms with Crippen molar-refractivity contribution in [3.63, 3.8) is 0 Å². The number of fused-ring (bicyclic) bond motifs is 1. The summed E-state index contributed by atoms with van der Waals surface area (Å²) in [5, 5.41) is 0. The highest BCUT2D eigenvalue weighted by atomic mass is 19.1. The predicted molar refractivity (Wildman–Crippen MR) is 57.4 cm³/mol. The van der Waals surface area contributed by atoms with Crippen LogP contribution < -0.4 is 0 Å². The molecule has 0 fully saturated rings. The monoisotopic (exact) mass is 192 g/mol. The Labute approximate surface area is 85.1 Å². The first-order chi connectivity index (χ1) is 6.38. The van der Waals surface area contributed by atoms with Crippen LogP contribution in [0.3, 0.4) is 0 Å². The van der Waals surface area contributed by atoms with Crippen molar-refractivity contribution in [2.75, 3.05) is 0 Å². The minimum atomic E-state index is -0.799. The quantitative estimate of drug-likeness (QED) is 0.589. The van der Waals surface area contributed by atoms with Gasteiger partial charge in [0.1, 0.15) is 6.17 Å². The van der Waals surface area contributed by atoms with Crippen molar-refractivity contribution < 1.29 is 4.39 Å². The number of rotatable bonds is 0. The van der Waals surface area contributed by atoms with E-state index in [-0.39, 0.29) is 10.8 Å². The van der Waals surface area contributed by atoms with E-state index in [0.29, 0.717) is 0 Å². The molecule has 0 bridgehead atoms. The van der Waals surface area contributed by atoms with Crippen molar-refractivity contribution in [3.8, 4) is 0 Å². The van der Waals surface area contributed by atoms with E-state index in [4.69, 9.17) is 0 Å². The molecule has 1 aliphatic carbocycles. The Hall–Kier alpha value is -0.850. The van der Waals surface area contributed by atoms with E-state index in [2.05, 4.69) is 12.1 Å². The number of halogens is 1. The zero-order chi connectivity index (χ0) is 10.6. The Morgan fingerprint density at radius 3 is 1.64 bits per heavy atom. The molecule has 0 aromatic heterocycles. The summed E-state index contributed by atoms with van der Waals surface area (Å²) >= 11 is 0. The summed E-state index contributed by atoms with van der Waals surface area (Å²) in [6.07, 6.45) is -0.799. The first-order valence-electron chi connectivity index (χ1n) is 5.12. The topological polar surface area (TPSA) is 0 Å². The van der Waals surface area contributed by atoms with E-state index in [1.54, 1.807) is 0 Å². The third-order valence-corrected chi connectivity index (χ3v) is 3.58. The summed E-state index contributed by atoms with van der Waals surface area (Å²) < 4.78 is 14.3. The lowest BCUT2D eigenvalue weighted by atomic mass is 9.79. The lowest BCUT2D eigenvalue weighted by molar-refractivity contribution is 0.158. The van der Waals surface area contributed by atoms with E-state index in [1.807, 2.05) is 39.8 Å². The van der Waals surface area contributed by atoms with Crippen LogP contribution in [0.25, 0.3) is 0 Å². The van der Waals surface area contributed by atoms with Crippen LogP contribution in [0, 0.1) is 0 Å². The molecule has 0 saturated carbocycles. The van der Waals surface area contributed by atoms with Gasteiger partial charge in [0.15, 0.2) is 0 Å². The molecule has 0 atom stereocenters. The molecule has 2 rings (SSSR count). The molecule has 0 nitrogen and oxygen atoms in total. The Bertz CT molecular complexity index is 328. The molecule has 0 aliphatic heterocycles. The van der Waals surface area contributed by atoms with Crippen molar-refractivity contribution in [1.82, 2.24) is 0 Å². The van der Waals surface area contributed by atoms with Gasteiger partial charge in [0.05, 0.1) is 0 Å². The fourth-order valence-electron chi connectivity index (χ4n) is 2.78. The van der Waals surface area contributed by atoms with Crippen LogP contribution in [0.15, 0.2) is 24.3 Å². The van der Waals surface area contributed by atoms with Gasteiger partial charge < -0.3 is 0 Å². The van der Waals surface area contributed by atoms with Gasteiger partial charge in [0, 0.05) is 10.8 Å². The number of benzene rings is 1. The predicted octanol–water partition coefficient (Wildman–Crippen LogP) is 3.59. The zero-order valence-electron chi connectivity index (χ0n) is 9.26. The maximum Gasteiger partial charge on any atom is 0.118 e.